The van der Waals surface area contributed by atoms with Crippen LogP contribution < -0.4 is 0 Å². The first-order valence-corrected chi connectivity index (χ1v) is 4.60. The topological polar surface area (TPSA) is 29.5 Å². The van der Waals surface area contributed by atoms with E-state index in [0.717, 1.165) is 25.9 Å². The molecular weight excluding hydrogens is 154 g/mol. The van der Waals surface area contributed by atoms with Crippen LogP contribution in [0.2, 0.25) is 0 Å². The van der Waals surface area contributed by atoms with Crippen LogP contribution in [-0.4, -0.2) is 31.2 Å². The molecule has 0 aromatic heterocycles. The molecule has 0 aromatic rings. The summed E-state index contributed by atoms with van der Waals surface area (Å²) >= 11 is 0. The van der Waals surface area contributed by atoms with Crippen LogP contribution in [0.1, 0.15) is 26.2 Å². The van der Waals surface area contributed by atoms with E-state index >= 15 is 0 Å². The van der Waals surface area contributed by atoms with Gasteiger partial charge in [-0.05, 0) is 18.8 Å². The van der Waals surface area contributed by atoms with Crippen molar-refractivity contribution in [3.8, 4) is 0 Å². The van der Waals surface area contributed by atoms with E-state index in [2.05, 4.69) is 11.7 Å². The fourth-order valence-corrected chi connectivity index (χ4v) is 1.69. The molecular formula is C9H17NO2. The average molecular weight is 171 g/mol. The monoisotopic (exact) mass is 171 g/mol. The van der Waals surface area contributed by atoms with Crippen LogP contribution in [-0.2, 0) is 4.74 Å². The van der Waals surface area contributed by atoms with Crippen molar-refractivity contribution < 1.29 is 9.53 Å². The molecule has 1 heterocycles. The molecule has 1 unspecified atom stereocenters. The zero-order valence-electron chi connectivity index (χ0n) is 7.88. The second-order valence-corrected chi connectivity index (χ2v) is 3.33. The molecule has 0 aliphatic carbocycles. The molecule has 0 saturated carbocycles. The maximum atomic E-state index is 11.1. The summed E-state index contributed by atoms with van der Waals surface area (Å²) in [7, 11) is 1.44. The van der Waals surface area contributed by atoms with Crippen LogP contribution in [0.25, 0.3) is 0 Å². The van der Waals surface area contributed by atoms with Gasteiger partial charge in [-0.3, -0.25) is 0 Å². The summed E-state index contributed by atoms with van der Waals surface area (Å²) in [5.74, 6) is 0.679. The van der Waals surface area contributed by atoms with E-state index in [0.29, 0.717) is 5.92 Å². The number of amides is 1. The van der Waals surface area contributed by atoms with E-state index in [9.17, 15) is 4.79 Å². The predicted molar refractivity (Wildman–Crippen MR) is 47.0 cm³/mol. The smallest absolute Gasteiger partial charge is 0.409 e. The van der Waals surface area contributed by atoms with Gasteiger partial charge < -0.3 is 9.64 Å². The van der Waals surface area contributed by atoms with Crippen molar-refractivity contribution in [3.05, 3.63) is 0 Å². The standard InChI is InChI=1S/C9H17NO2/c1-3-8-5-4-6-10(7-8)9(11)12-2/h8H,3-7H2,1-2H3. The zero-order chi connectivity index (χ0) is 8.97. The molecule has 1 rings (SSSR count). The first-order chi connectivity index (χ1) is 5.77. The average Bonchev–Trinajstić information content (AvgIpc) is 2.17. The van der Waals surface area contributed by atoms with Gasteiger partial charge in [0.15, 0.2) is 0 Å². The summed E-state index contributed by atoms with van der Waals surface area (Å²) in [5.41, 5.74) is 0. The van der Waals surface area contributed by atoms with E-state index in [1.54, 1.807) is 4.90 Å². The van der Waals surface area contributed by atoms with Gasteiger partial charge >= 0.3 is 6.09 Å². The highest BCUT2D eigenvalue weighted by Crippen LogP contribution is 2.19. The Bertz CT molecular complexity index is 159. The highest BCUT2D eigenvalue weighted by atomic mass is 16.5. The van der Waals surface area contributed by atoms with E-state index in [-0.39, 0.29) is 6.09 Å². The molecule has 0 N–H and O–H groups in total. The molecule has 0 spiro atoms. The first-order valence-electron chi connectivity index (χ1n) is 4.60. The number of hydrogen-bond donors (Lipinski definition) is 0. The molecule has 1 aliphatic heterocycles. The van der Waals surface area contributed by atoms with E-state index < -0.39 is 0 Å². The van der Waals surface area contributed by atoms with Crippen LogP contribution >= 0.6 is 0 Å². The molecule has 0 bridgehead atoms. The lowest BCUT2D eigenvalue weighted by Gasteiger charge is -2.30. The molecule has 70 valence electrons. The predicted octanol–water partition coefficient (Wildman–Crippen LogP) is 1.87. The number of piperidine rings is 1. The Morgan fingerprint density at radius 2 is 2.42 bits per heavy atom. The number of nitrogens with zero attached hydrogens (tertiary/aromatic N) is 1. The molecule has 1 fully saturated rings. The number of likely N-dealkylation sites (tertiary alicyclic amines) is 1. The molecule has 1 saturated heterocycles. The number of methoxy groups -OCH3 is 1. The number of rotatable bonds is 1. The van der Waals surface area contributed by atoms with Crippen LogP contribution in [0.5, 0.6) is 0 Å². The highest BCUT2D eigenvalue weighted by Gasteiger charge is 2.22. The first kappa shape index (κ1) is 9.36. The molecule has 1 atom stereocenters. The molecule has 1 amide bonds. The van der Waals surface area contributed by atoms with Gasteiger partial charge in [-0.1, -0.05) is 13.3 Å². The lowest BCUT2D eigenvalue weighted by atomic mass is 9.96. The number of carbonyl (C=O) groups is 1. The Balaban J connectivity index is 2.40. The third-order valence-corrected chi connectivity index (χ3v) is 2.53. The molecule has 3 nitrogen and oxygen atoms in total. The Labute approximate surface area is 73.7 Å². The van der Waals surface area contributed by atoms with Gasteiger partial charge in [0.25, 0.3) is 0 Å². The fourth-order valence-electron chi connectivity index (χ4n) is 1.69. The third kappa shape index (κ3) is 2.13. The number of carbonyl (C=O) groups excluding carboxylic acids is 1. The SMILES string of the molecule is CCC1CCCN(C(=O)OC)C1. The summed E-state index contributed by atoms with van der Waals surface area (Å²) in [4.78, 5) is 12.9. The molecule has 12 heavy (non-hydrogen) atoms. The van der Waals surface area contributed by atoms with Crippen molar-refractivity contribution in [2.24, 2.45) is 5.92 Å². The number of ether oxygens (including phenoxy) is 1. The molecule has 3 heteroatoms. The summed E-state index contributed by atoms with van der Waals surface area (Å²) in [5, 5.41) is 0. The van der Waals surface area contributed by atoms with Crippen LogP contribution in [0.3, 0.4) is 0 Å². The van der Waals surface area contributed by atoms with Crippen molar-refractivity contribution in [1.29, 1.82) is 0 Å². The Morgan fingerprint density at radius 3 is 3.00 bits per heavy atom. The Hall–Kier alpha value is -0.730. The van der Waals surface area contributed by atoms with Crippen molar-refractivity contribution in [3.63, 3.8) is 0 Å². The van der Waals surface area contributed by atoms with E-state index in [4.69, 9.17) is 0 Å². The largest absolute Gasteiger partial charge is 0.453 e. The second kappa shape index (κ2) is 4.33. The van der Waals surface area contributed by atoms with Gasteiger partial charge in [0, 0.05) is 13.1 Å². The minimum absolute atomic E-state index is 0.173. The van der Waals surface area contributed by atoms with Gasteiger partial charge in [-0.25, -0.2) is 4.79 Å². The Morgan fingerprint density at radius 1 is 1.67 bits per heavy atom. The number of hydrogen-bond acceptors (Lipinski definition) is 2. The van der Waals surface area contributed by atoms with Gasteiger partial charge in [-0.15, -0.1) is 0 Å². The summed E-state index contributed by atoms with van der Waals surface area (Å²) in [6.07, 6.45) is 3.36. The Kier molecular flexibility index (Phi) is 3.38. The summed E-state index contributed by atoms with van der Waals surface area (Å²) in [6.45, 7) is 3.91. The van der Waals surface area contributed by atoms with Gasteiger partial charge in [0.1, 0.15) is 0 Å². The van der Waals surface area contributed by atoms with Crippen molar-refractivity contribution in [2.45, 2.75) is 26.2 Å². The maximum absolute atomic E-state index is 11.1. The fraction of sp³-hybridized carbons (Fsp3) is 0.889. The molecule has 0 radical (unpaired) electrons. The van der Waals surface area contributed by atoms with E-state index in [1.807, 2.05) is 0 Å². The van der Waals surface area contributed by atoms with Gasteiger partial charge in [0.2, 0.25) is 0 Å². The lowest BCUT2D eigenvalue weighted by molar-refractivity contribution is 0.101. The van der Waals surface area contributed by atoms with E-state index in [1.165, 1.54) is 13.5 Å². The zero-order valence-corrected chi connectivity index (χ0v) is 7.88. The highest BCUT2D eigenvalue weighted by molar-refractivity contribution is 5.67. The normalized spacial score (nSPS) is 23.8. The molecule has 0 aromatic carbocycles. The van der Waals surface area contributed by atoms with Gasteiger partial charge in [-0.2, -0.15) is 0 Å². The lowest BCUT2D eigenvalue weighted by Crippen LogP contribution is -2.39. The van der Waals surface area contributed by atoms with Crippen LogP contribution in [0.15, 0.2) is 0 Å². The van der Waals surface area contributed by atoms with Crippen molar-refractivity contribution >= 4 is 6.09 Å². The van der Waals surface area contributed by atoms with Crippen LogP contribution in [0, 0.1) is 5.92 Å². The molecule has 1 aliphatic rings. The minimum Gasteiger partial charge on any atom is -0.453 e. The van der Waals surface area contributed by atoms with Gasteiger partial charge in [0.05, 0.1) is 7.11 Å². The second-order valence-electron chi connectivity index (χ2n) is 3.33. The van der Waals surface area contributed by atoms with Crippen molar-refractivity contribution in [2.75, 3.05) is 20.2 Å². The van der Waals surface area contributed by atoms with Crippen LogP contribution in [0.4, 0.5) is 4.79 Å². The maximum Gasteiger partial charge on any atom is 0.409 e. The minimum atomic E-state index is -0.173. The third-order valence-electron chi connectivity index (χ3n) is 2.53. The summed E-state index contributed by atoms with van der Waals surface area (Å²) in [6, 6.07) is 0. The quantitative estimate of drug-likeness (QED) is 0.602. The van der Waals surface area contributed by atoms with Crippen molar-refractivity contribution in [1.82, 2.24) is 4.90 Å². The summed E-state index contributed by atoms with van der Waals surface area (Å²) < 4.78 is 4.67.